The van der Waals surface area contributed by atoms with E-state index in [0.29, 0.717) is 0 Å². The van der Waals surface area contributed by atoms with Crippen LogP contribution in [0.2, 0.25) is 0 Å². The number of rotatable bonds is 6. The van der Waals surface area contributed by atoms with Crippen LogP contribution in [0.5, 0.6) is 0 Å². The number of nitrogens with zero attached hydrogens (tertiary/aromatic N) is 3. The highest BCUT2D eigenvalue weighted by atomic mass is 15.1. The summed E-state index contributed by atoms with van der Waals surface area (Å²) in [5.74, 6) is 0. The van der Waals surface area contributed by atoms with Gasteiger partial charge in [0.1, 0.15) is 0 Å². The molecule has 0 aromatic carbocycles. The average Bonchev–Trinajstić information content (AvgIpc) is 2.01. The molecule has 0 saturated carbocycles. The van der Waals surface area contributed by atoms with Crippen LogP contribution in [0.3, 0.4) is 0 Å². The predicted octanol–water partition coefficient (Wildman–Crippen LogP) is 1.85. The zero-order valence-electron chi connectivity index (χ0n) is 6.82. The molecular formula is C7H14N4. The van der Waals surface area contributed by atoms with Crippen LogP contribution in [0.4, 0.5) is 0 Å². The lowest BCUT2D eigenvalue weighted by Gasteiger charge is -2.06. The summed E-state index contributed by atoms with van der Waals surface area (Å²) < 4.78 is 0. The Labute approximate surface area is 66.9 Å². The Balaban J connectivity index is 3.68. The first-order valence-electron chi connectivity index (χ1n) is 3.64. The molecule has 0 heterocycles. The fourth-order valence-electron chi connectivity index (χ4n) is 0.799. The molecule has 0 aliphatic rings. The topological polar surface area (TPSA) is 60.8 Å². The minimum atomic E-state index is 0.0601. The fourth-order valence-corrected chi connectivity index (χ4v) is 0.799. The van der Waals surface area contributed by atoms with Crippen molar-refractivity contribution >= 4 is 0 Å². The predicted molar refractivity (Wildman–Crippen MR) is 46.3 cm³/mol. The second-order valence-electron chi connectivity index (χ2n) is 2.28. The zero-order chi connectivity index (χ0) is 8.53. The summed E-state index contributed by atoms with van der Waals surface area (Å²) in [5, 5.41) is 6.62. The summed E-state index contributed by atoms with van der Waals surface area (Å²) in [6.45, 7) is 4.46. The van der Waals surface area contributed by atoms with E-state index in [0.717, 1.165) is 19.4 Å². The molecule has 11 heavy (non-hydrogen) atoms. The maximum Gasteiger partial charge on any atom is 0.0420 e. The fraction of sp³-hybridized carbons (Fsp3) is 0.714. The molecule has 4 heteroatoms. The summed E-state index contributed by atoms with van der Waals surface area (Å²) in [5.41, 5.74) is 8.17. The Morgan fingerprint density at radius 3 is 3.00 bits per heavy atom. The van der Waals surface area contributed by atoms with Crippen molar-refractivity contribution in [2.75, 3.05) is 13.6 Å². The number of azide groups is 1. The minimum absolute atomic E-state index is 0.0601. The van der Waals surface area contributed by atoms with Crippen LogP contribution < -0.4 is 5.32 Å². The number of nitrogens with one attached hydrogen (secondary N) is 1. The van der Waals surface area contributed by atoms with Gasteiger partial charge in [0.25, 0.3) is 0 Å². The van der Waals surface area contributed by atoms with E-state index >= 15 is 0 Å². The van der Waals surface area contributed by atoms with Gasteiger partial charge in [0.2, 0.25) is 0 Å². The van der Waals surface area contributed by atoms with Gasteiger partial charge >= 0.3 is 0 Å². The van der Waals surface area contributed by atoms with Gasteiger partial charge in [-0.3, -0.25) is 0 Å². The molecule has 0 aromatic rings. The van der Waals surface area contributed by atoms with E-state index in [4.69, 9.17) is 5.53 Å². The van der Waals surface area contributed by atoms with E-state index in [-0.39, 0.29) is 6.04 Å². The highest BCUT2D eigenvalue weighted by molar-refractivity contribution is 4.78. The molecule has 1 atom stereocenters. The van der Waals surface area contributed by atoms with E-state index in [1.165, 1.54) is 0 Å². The standard InChI is InChI=1S/C7H14N4/c1-3-4-7(10-11-8)5-6-9-2/h3,7,9H,1,4-6H2,2H3. The van der Waals surface area contributed by atoms with Crippen molar-refractivity contribution in [3.63, 3.8) is 0 Å². The van der Waals surface area contributed by atoms with Crippen molar-refractivity contribution in [3.05, 3.63) is 23.1 Å². The molecule has 0 spiro atoms. The first kappa shape index (κ1) is 10.0. The zero-order valence-corrected chi connectivity index (χ0v) is 6.82. The molecule has 0 saturated heterocycles. The van der Waals surface area contributed by atoms with Gasteiger partial charge in [-0.2, -0.15) is 0 Å². The van der Waals surface area contributed by atoms with Crippen LogP contribution in [0.15, 0.2) is 17.8 Å². The lowest BCUT2D eigenvalue weighted by molar-refractivity contribution is 0.591. The molecule has 1 N–H and O–H groups in total. The summed E-state index contributed by atoms with van der Waals surface area (Å²) in [6.07, 6.45) is 3.40. The monoisotopic (exact) mass is 154 g/mol. The number of hydrogen-bond acceptors (Lipinski definition) is 2. The van der Waals surface area contributed by atoms with Gasteiger partial charge in [0.05, 0.1) is 0 Å². The third-order valence-corrected chi connectivity index (χ3v) is 1.38. The molecule has 0 aliphatic heterocycles. The van der Waals surface area contributed by atoms with Gasteiger partial charge in [0, 0.05) is 11.0 Å². The molecule has 0 radical (unpaired) electrons. The van der Waals surface area contributed by atoms with Crippen LogP contribution in [-0.2, 0) is 0 Å². The Hall–Kier alpha value is -0.990. The SMILES string of the molecule is C=CCC(CCNC)N=[N+]=[N-]. The first-order valence-corrected chi connectivity index (χ1v) is 3.64. The summed E-state index contributed by atoms with van der Waals surface area (Å²) in [4.78, 5) is 2.76. The lowest BCUT2D eigenvalue weighted by Crippen LogP contribution is -2.14. The molecular weight excluding hydrogens is 140 g/mol. The van der Waals surface area contributed by atoms with Gasteiger partial charge in [-0.1, -0.05) is 11.2 Å². The smallest absolute Gasteiger partial charge is 0.0420 e. The molecule has 0 fully saturated rings. The molecule has 0 aliphatic carbocycles. The van der Waals surface area contributed by atoms with Crippen LogP contribution in [0.1, 0.15) is 12.8 Å². The van der Waals surface area contributed by atoms with Crippen molar-refractivity contribution in [1.29, 1.82) is 0 Å². The van der Waals surface area contributed by atoms with Gasteiger partial charge in [0.15, 0.2) is 0 Å². The Bertz CT molecular complexity index is 149. The van der Waals surface area contributed by atoms with Crippen molar-refractivity contribution < 1.29 is 0 Å². The maximum atomic E-state index is 8.17. The van der Waals surface area contributed by atoms with Crippen LogP contribution in [-0.4, -0.2) is 19.6 Å². The quantitative estimate of drug-likeness (QED) is 0.270. The Morgan fingerprint density at radius 1 is 1.82 bits per heavy atom. The van der Waals surface area contributed by atoms with E-state index in [2.05, 4.69) is 21.9 Å². The van der Waals surface area contributed by atoms with E-state index in [1.54, 1.807) is 6.08 Å². The van der Waals surface area contributed by atoms with Crippen molar-refractivity contribution in [1.82, 2.24) is 5.32 Å². The summed E-state index contributed by atoms with van der Waals surface area (Å²) >= 11 is 0. The minimum Gasteiger partial charge on any atom is -0.320 e. The van der Waals surface area contributed by atoms with Crippen molar-refractivity contribution in [3.8, 4) is 0 Å². The second-order valence-corrected chi connectivity index (χ2v) is 2.28. The van der Waals surface area contributed by atoms with Crippen molar-refractivity contribution in [2.24, 2.45) is 5.11 Å². The largest absolute Gasteiger partial charge is 0.320 e. The highest BCUT2D eigenvalue weighted by Crippen LogP contribution is 2.03. The highest BCUT2D eigenvalue weighted by Gasteiger charge is 2.01. The second kappa shape index (κ2) is 7.12. The normalized spacial score (nSPS) is 11.7. The average molecular weight is 154 g/mol. The van der Waals surface area contributed by atoms with Gasteiger partial charge < -0.3 is 5.32 Å². The van der Waals surface area contributed by atoms with E-state index in [1.807, 2.05) is 7.05 Å². The van der Waals surface area contributed by atoms with Gasteiger partial charge in [-0.05, 0) is 32.0 Å². The third kappa shape index (κ3) is 5.45. The van der Waals surface area contributed by atoms with E-state index in [9.17, 15) is 0 Å². The molecule has 0 rings (SSSR count). The van der Waals surface area contributed by atoms with Gasteiger partial charge in [-0.15, -0.1) is 6.58 Å². The van der Waals surface area contributed by atoms with E-state index < -0.39 is 0 Å². The maximum absolute atomic E-state index is 8.17. The lowest BCUT2D eigenvalue weighted by atomic mass is 10.1. The molecule has 0 bridgehead atoms. The first-order chi connectivity index (χ1) is 5.35. The molecule has 4 nitrogen and oxygen atoms in total. The summed E-state index contributed by atoms with van der Waals surface area (Å²) in [6, 6.07) is 0.0601. The van der Waals surface area contributed by atoms with Crippen LogP contribution >= 0.6 is 0 Å². The van der Waals surface area contributed by atoms with Gasteiger partial charge in [-0.25, -0.2) is 0 Å². The molecule has 0 amide bonds. The third-order valence-electron chi connectivity index (χ3n) is 1.38. The molecule has 1 unspecified atom stereocenters. The Kier molecular flexibility index (Phi) is 6.48. The molecule has 0 aromatic heterocycles. The van der Waals surface area contributed by atoms with Crippen LogP contribution in [0, 0.1) is 0 Å². The summed E-state index contributed by atoms with van der Waals surface area (Å²) in [7, 11) is 1.88. The van der Waals surface area contributed by atoms with Crippen LogP contribution in [0.25, 0.3) is 10.4 Å². The Morgan fingerprint density at radius 2 is 2.55 bits per heavy atom. The number of hydrogen-bond donors (Lipinski definition) is 1. The van der Waals surface area contributed by atoms with Crippen molar-refractivity contribution in [2.45, 2.75) is 18.9 Å². The molecule has 62 valence electrons.